The Bertz CT molecular complexity index is 305. The van der Waals surface area contributed by atoms with Gasteiger partial charge in [-0.3, -0.25) is 0 Å². The first-order valence-corrected chi connectivity index (χ1v) is 5.85. The molecule has 1 aromatic rings. The van der Waals surface area contributed by atoms with E-state index in [-0.39, 0.29) is 0 Å². The van der Waals surface area contributed by atoms with E-state index in [1.165, 1.54) is 11.4 Å². The van der Waals surface area contributed by atoms with E-state index in [2.05, 4.69) is 23.8 Å². The normalized spacial score (nSPS) is 25.3. The first-order chi connectivity index (χ1) is 7.20. The molecule has 3 heteroatoms. The summed E-state index contributed by atoms with van der Waals surface area (Å²) < 4.78 is 5.36. The van der Waals surface area contributed by atoms with Crippen molar-refractivity contribution in [3.63, 3.8) is 0 Å². The molecule has 2 unspecified atom stereocenters. The average molecular weight is 208 g/mol. The molecule has 2 rings (SSSR count). The second-order valence-corrected chi connectivity index (χ2v) is 4.61. The van der Waals surface area contributed by atoms with Gasteiger partial charge in [0.1, 0.15) is 12.4 Å². The minimum atomic E-state index is 0.617. The van der Waals surface area contributed by atoms with Crippen LogP contribution in [0.2, 0.25) is 0 Å². The van der Waals surface area contributed by atoms with Crippen molar-refractivity contribution >= 4 is 0 Å². The molecule has 1 N–H and O–H groups in total. The predicted molar refractivity (Wildman–Crippen MR) is 59.7 cm³/mol. The topological polar surface area (TPSA) is 37.9 Å². The molecule has 2 atom stereocenters. The van der Waals surface area contributed by atoms with E-state index in [4.69, 9.17) is 4.74 Å². The van der Waals surface area contributed by atoms with E-state index in [1.54, 1.807) is 0 Å². The lowest BCUT2D eigenvalue weighted by atomic mass is 9.82. The van der Waals surface area contributed by atoms with Crippen LogP contribution >= 0.6 is 0 Å². The molecule has 0 aliphatic heterocycles. The van der Waals surface area contributed by atoms with Crippen LogP contribution in [0.4, 0.5) is 0 Å². The molecule has 1 heterocycles. The maximum atomic E-state index is 5.36. The molecule has 0 spiro atoms. The third-order valence-electron chi connectivity index (χ3n) is 3.37. The third kappa shape index (κ3) is 2.23. The highest BCUT2D eigenvalue weighted by Gasteiger charge is 2.24. The van der Waals surface area contributed by atoms with Gasteiger partial charge >= 0.3 is 0 Å². The molecule has 3 nitrogen and oxygen atoms in total. The van der Waals surface area contributed by atoms with Gasteiger partial charge in [-0.25, -0.2) is 4.98 Å². The van der Waals surface area contributed by atoms with E-state index in [9.17, 15) is 0 Å². The van der Waals surface area contributed by atoms with Crippen LogP contribution < -0.4 is 0 Å². The number of fused-ring (bicyclic) bond motifs is 1. The molecule has 15 heavy (non-hydrogen) atoms. The number of aromatic nitrogens is 2. The second kappa shape index (κ2) is 4.35. The monoisotopic (exact) mass is 208 g/mol. The van der Waals surface area contributed by atoms with Crippen LogP contribution in [0.1, 0.15) is 38.0 Å². The van der Waals surface area contributed by atoms with Gasteiger partial charge in [-0.15, -0.1) is 0 Å². The van der Waals surface area contributed by atoms with Gasteiger partial charge in [0.25, 0.3) is 0 Å². The molecule has 0 fully saturated rings. The maximum absolute atomic E-state index is 5.36. The van der Waals surface area contributed by atoms with Gasteiger partial charge in [-0.2, -0.15) is 0 Å². The Kier molecular flexibility index (Phi) is 3.10. The SMILES string of the molecule is CCOCc1nc2c([nH]1)CC(C)C(C)C2. The van der Waals surface area contributed by atoms with Crippen molar-refractivity contribution in [1.82, 2.24) is 9.97 Å². The first kappa shape index (κ1) is 10.7. The number of aromatic amines is 1. The summed E-state index contributed by atoms with van der Waals surface area (Å²) in [5.74, 6) is 2.50. The molecule has 0 radical (unpaired) electrons. The highest BCUT2D eigenvalue weighted by molar-refractivity contribution is 5.19. The van der Waals surface area contributed by atoms with Crippen molar-refractivity contribution in [3.05, 3.63) is 17.2 Å². The van der Waals surface area contributed by atoms with Gasteiger partial charge in [0, 0.05) is 12.3 Å². The lowest BCUT2D eigenvalue weighted by Gasteiger charge is -2.24. The zero-order chi connectivity index (χ0) is 10.8. The van der Waals surface area contributed by atoms with Crippen molar-refractivity contribution in [2.75, 3.05) is 6.61 Å². The standard InChI is InChI=1S/C12H20N2O/c1-4-15-7-12-13-10-5-8(2)9(3)6-11(10)14-12/h8-9H,4-7H2,1-3H3,(H,13,14). The number of nitrogens with one attached hydrogen (secondary N) is 1. The van der Waals surface area contributed by atoms with Crippen LogP contribution in [0.5, 0.6) is 0 Å². The Balaban J connectivity index is 2.11. The van der Waals surface area contributed by atoms with E-state index < -0.39 is 0 Å². The Morgan fingerprint density at radius 2 is 2.07 bits per heavy atom. The van der Waals surface area contributed by atoms with Crippen LogP contribution in [0.25, 0.3) is 0 Å². The van der Waals surface area contributed by atoms with Gasteiger partial charge in [-0.1, -0.05) is 13.8 Å². The highest BCUT2D eigenvalue weighted by atomic mass is 16.5. The predicted octanol–water partition coefficient (Wildman–Crippen LogP) is 2.32. The van der Waals surface area contributed by atoms with Gasteiger partial charge in [0.15, 0.2) is 0 Å². The number of hydrogen-bond donors (Lipinski definition) is 1. The number of H-pyrrole nitrogens is 1. The molecular weight excluding hydrogens is 188 g/mol. The van der Waals surface area contributed by atoms with Crippen LogP contribution in [-0.2, 0) is 24.2 Å². The molecule has 84 valence electrons. The molecule has 0 aromatic carbocycles. The summed E-state index contributed by atoms with van der Waals surface area (Å²) in [4.78, 5) is 7.98. The van der Waals surface area contributed by atoms with Crippen LogP contribution in [0.15, 0.2) is 0 Å². The molecule has 1 aromatic heterocycles. The Morgan fingerprint density at radius 1 is 1.33 bits per heavy atom. The lowest BCUT2D eigenvalue weighted by Crippen LogP contribution is -2.20. The molecule has 1 aliphatic carbocycles. The lowest BCUT2D eigenvalue weighted by molar-refractivity contribution is 0.128. The Labute approximate surface area is 91.3 Å². The van der Waals surface area contributed by atoms with Gasteiger partial charge in [0.05, 0.1) is 5.69 Å². The fraction of sp³-hybridized carbons (Fsp3) is 0.750. The molecular formula is C12H20N2O. The summed E-state index contributed by atoms with van der Waals surface area (Å²) in [6, 6.07) is 0. The fourth-order valence-electron chi connectivity index (χ4n) is 2.14. The number of nitrogens with zero attached hydrogens (tertiary/aromatic N) is 1. The smallest absolute Gasteiger partial charge is 0.132 e. The molecule has 0 bridgehead atoms. The zero-order valence-corrected chi connectivity index (χ0v) is 9.84. The minimum Gasteiger partial charge on any atom is -0.374 e. The van der Waals surface area contributed by atoms with Crippen molar-refractivity contribution < 1.29 is 4.74 Å². The molecule has 0 amide bonds. The second-order valence-electron chi connectivity index (χ2n) is 4.61. The van der Waals surface area contributed by atoms with Gasteiger partial charge in [-0.05, 0) is 31.6 Å². The van der Waals surface area contributed by atoms with Crippen molar-refractivity contribution in [1.29, 1.82) is 0 Å². The highest BCUT2D eigenvalue weighted by Crippen LogP contribution is 2.28. The molecule has 0 saturated carbocycles. The van der Waals surface area contributed by atoms with E-state index in [0.29, 0.717) is 6.61 Å². The van der Waals surface area contributed by atoms with Crippen LogP contribution in [0.3, 0.4) is 0 Å². The average Bonchev–Trinajstić information content (AvgIpc) is 2.58. The largest absolute Gasteiger partial charge is 0.374 e. The number of ether oxygens (including phenoxy) is 1. The van der Waals surface area contributed by atoms with Crippen LogP contribution in [-0.4, -0.2) is 16.6 Å². The zero-order valence-electron chi connectivity index (χ0n) is 9.84. The Hall–Kier alpha value is -0.830. The minimum absolute atomic E-state index is 0.617. The summed E-state index contributed by atoms with van der Waals surface area (Å²) in [5, 5.41) is 0. The molecule has 0 saturated heterocycles. The summed E-state index contributed by atoms with van der Waals surface area (Å²) in [5.41, 5.74) is 2.59. The summed E-state index contributed by atoms with van der Waals surface area (Å²) >= 11 is 0. The quantitative estimate of drug-likeness (QED) is 0.827. The number of rotatable bonds is 3. The van der Waals surface area contributed by atoms with Crippen molar-refractivity contribution in [2.45, 2.75) is 40.2 Å². The van der Waals surface area contributed by atoms with Gasteiger partial charge < -0.3 is 9.72 Å². The molecule has 1 aliphatic rings. The first-order valence-electron chi connectivity index (χ1n) is 5.85. The van der Waals surface area contributed by atoms with Crippen molar-refractivity contribution in [3.8, 4) is 0 Å². The number of imidazole rings is 1. The fourth-order valence-corrected chi connectivity index (χ4v) is 2.14. The maximum Gasteiger partial charge on any atom is 0.132 e. The summed E-state index contributed by atoms with van der Waals surface area (Å²) in [6.07, 6.45) is 2.24. The number of hydrogen-bond acceptors (Lipinski definition) is 2. The third-order valence-corrected chi connectivity index (χ3v) is 3.37. The Morgan fingerprint density at radius 3 is 2.80 bits per heavy atom. The van der Waals surface area contributed by atoms with E-state index in [1.807, 2.05) is 6.92 Å². The summed E-state index contributed by atoms with van der Waals surface area (Å²) in [6.45, 7) is 8.00. The van der Waals surface area contributed by atoms with Crippen LogP contribution in [0, 0.1) is 11.8 Å². The summed E-state index contributed by atoms with van der Waals surface area (Å²) in [7, 11) is 0. The van der Waals surface area contributed by atoms with E-state index in [0.717, 1.165) is 37.1 Å². The van der Waals surface area contributed by atoms with E-state index >= 15 is 0 Å². The van der Waals surface area contributed by atoms with Crippen molar-refractivity contribution in [2.24, 2.45) is 11.8 Å². The van der Waals surface area contributed by atoms with Gasteiger partial charge in [0.2, 0.25) is 0 Å².